The van der Waals surface area contributed by atoms with E-state index in [9.17, 15) is 14.9 Å². The average molecular weight is 197 g/mol. The van der Waals surface area contributed by atoms with Crippen molar-refractivity contribution in [2.45, 2.75) is 6.92 Å². The Kier molecular flexibility index (Phi) is 4.91. The third kappa shape index (κ3) is 3.66. The zero-order valence-corrected chi connectivity index (χ0v) is 8.02. The molecule has 0 atom stereocenters. The summed E-state index contributed by atoms with van der Waals surface area (Å²) in [5.41, 5.74) is -0.264. The summed E-state index contributed by atoms with van der Waals surface area (Å²) in [5, 5.41) is 10.2. The van der Waals surface area contributed by atoms with Gasteiger partial charge in [-0.2, -0.15) is 0 Å². The van der Waals surface area contributed by atoms with E-state index in [0.717, 1.165) is 6.08 Å². The van der Waals surface area contributed by atoms with Crippen molar-refractivity contribution in [3.63, 3.8) is 0 Å². The number of nitro groups is 1. The van der Waals surface area contributed by atoms with Gasteiger partial charge < -0.3 is 4.74 Å². The quantitative estimate of drug-likeness (QED) is 0.225. The van der Waals surface area contributed by atoms with Gasteiger partial charge in [-0.05, 0) is 13.5 Å². The van der Waals surface area contributed by atoms with Gasteiger partial charge in [0, 0.05) is 6.08 Å². The Labute approximate surface area is 81.5 Å². The van der Waals surface area contributed by atoms with Crippen molar-refractivity contribution < 1.29 is 14.5 Å². The van der Waals surface area contributed by atoms with Crippen molar-refractivity contribution in [1.29, 1.82) is 0 Å². The Hall–Kier alpha value is -1.91. The lowest BCUT2D eigenvalue weighted by Gasteiger charge is -1.98. The van der Waals surface area contributed by atoms with E-state index >= 15 is 0 Å². The summed E-state index contributed by atoms with van der Waals surface area (Å²) in [5.74, 6) is -0.633. The molecule has 0 aliphatic carbocycles. The highest BCUT2D eigenvalue weighted by Gasteiger charge is 2.10. The number of carbonyl (C=O) groups excluding carboxylic acids is 1. The maximum absolute atomic E-state index is 11.1. The number of ether oxygens (including phenoxy) is 1. The minimum atomic E-state index is -0.674. The molecule has 0 heterocycles. The summed E-state index contributed by atoms with van der Waals surface area (Å²) in [6.45, 7) is 4.86. The lowest BCUT2D eigenvalue weighted by molar-refractivity contribution is -0.418. The second kappa shape index (κ2) is 5.69. The first-order chi connectivity index (χ1) is 6.52. The van der Waals surface area contributed by atoms with Crippen LogP contribution < -0.4 is 0 Å². The molecule has 0 aromatic carbocycles. The highest BCUT2D eigenvalue weighted by molar-refractivity contribution is 5.91. The molecule has 0 spiro atoms. The molecule has 14 heavy (non-hydrogen) atoms. The molecule has 0 saturated carbocycles. The van der Waals surface area contributed by atoms with E-state index in [1.807, 2.05) is 0 Å². The smallest absolute Gasteiger partial charge is 0.338 e. The van der Waals surface area contributed by atoms with Crippen molar-refractivity contribution in [2.24, 2.45) is 0 Å². The number of methoxy groups -OCH3 is 1. The Morgan fingerprint density at radius 3 is 2.50 bits per heavy atom. The third-order valence-electron chi connectivity index (χ3n) is 1.32. The van der Waals surface area contributed by atoms with Crippen molar-refractivity contribution in [3.8, 4) is 0 Å². The predicted molar refractivity (Wildman–Crippen MR) is 51.0 cm³/mol. The fourth-order valence-corrected chi connectivity index (χ4v) is 0.705. The average Bonchev–Trinajstić information content (AvgIpc) is 2.15. The number of carbonyl (C=O) groups is 1. The molecule has 5 heteroatoms. The van der Waals surface area contributed by atoms with E-state index in [1.165, 1.54) is 13.2 Å². The van der Waals surface area contributed by atoms with Crippen molar-refractivity contribution in [1.82, 2.24) is 0 Å². The number of hydrogen-bond donors (Lipinski definition) is 0. The van der Waals surface area contributed by atoms with Gasteiger partial charge in [-0.15, -0.1) is 0 Å². The van der Waals surface area contributed by atoms with E-state index in [0.29, 0.717) is 0 Å². The van der Waals surface area contributed by atoms with Crippen LogP contribution in [0, 0.1) is 10.1 Å². The van der Waals surface area contributed by atoms with Crippen LogP contribution in [0.3, 0.4) is 0 Å². The van der Waals surface area contributed by atoms with Gasteiger partial charge in [-0.1, -0.05) is 12.2 Å². The lowest BCUT2D eigenvalue weighted by Crippen LogP contribution is -2.04. The van der Waals surface area contributed by atoms with Crippen LogP contribution in [0.2, 0.25) is 0 Å². The number of esters is 1. The van der Waals surface area contributed by atoms with Gasteiger partial charge in [0.1, 0.15) is 0 Å². The zero-order valence-electron chi connectivity index (χ0n) is 8.02. The van der Waals surface area contributed by atoms with Crippen molar-refractivity contribution in [3.05, 3.63) is 46.2 Å². The molecule has 5 nitrogen and oxygen atoms in total. The second-order valence-corrected chi connectivity index (χ2v) is 2.34. The normalized spacial score (nSPS) is 11.4. The van der Waals surface area contributed by atoms with Crippen molar-refractivity contribution in [2.75, 3.05) is 7.11 Å². The monoisotopic (exact) mass is 197 g/mol. The number of hydrogen-bond acceptors (Lipinski definition) is 4. The summed E-state index contributed by atoms with van der Waals surface area (Å²) < 4.78 is 4.42. The molecular formula is C9H11NO4. The first kappa shape index (κ1) is 12.1. The molecule has 0 bridgehead atoms. The predicted octanol–water partition coefficient (Wildman–Crippen LogP) is 1.45. The molecule has 0 aliphatic rings. The molecule has 0 rings (SSSR count). The van der Waals surface area contributed by atoms with Gasteiger partial charge in [0.2, 0.25) is 0 Å². The Morgan fingerprint density at radius 2 is 2.14 bits per heavy atom. The van der Waals surface area contributed by atoms with Gasteiger partial charge in [-0.3, -0.25) is 10.1 Å². The van der Waals surface area contributed by atoms with Crippen LogP contribution in [-0.4, -0.2) is 18.0 Å². The Balaban J connectivity index is 4.91. The van der Waals surface area contributed by atoms with Crippen LogP contribution in [0.5, 0.6) is 0 Å². The number of rotatable bonds is 4. The molecule has 76 valence electrons. The van der Waals surface area contributed by atoms with Crippen LogP contribution in [0.15, 0.2) is 36.1 Å². The van der Waals surface area contributed by atoms with E-state index in [2.05, 4.69) is 11.3 Å². The van der Waals surface area contributed by atoms with Gasteiger partial charge in [0.15, 0.2) is 0 Å². The molecule has 0 radical (unpaired) electrons. The summed E-state index contributed by atoms with van der Waals surface area (Å²) in [6.07, 6.45) is 4.06. The zero-order chi connectivity index (χ0) is 11.1. The van der Waals surface area contributed by atoms with Crippen LogP contribution in [-0.2, 0) is 9.53 Å². The maximum Gasteiger partial charge on any atom is 0.338 e. The highest BCUT2D eigenvalue weighted by atomic mass is 16.6. The van der Waals surface area contributed by atoms with E-state index in [1.54, 1.807) is 13.0 Å². The van der Waals surface area contributed by atoms with Gasteiger partial charge in [0.25, 0.3) is 5.70 Å². The SMILES string of the molecule is C=C(/C=C(\C=C/C)C(=O)OC)[N+](=O)[O-]. The number of nitrogens with zero attached hydrogens (tertiary/aromatic N) is 1. The molecular weight excluding hydrogens is 186 g/mol. The molecule has 0 amide bonds. The summed E-state index contributed by atoms with van der Waals surface area (Å²) in [6, 6.07) is 0. The summed E-state index contributed by atoms with van der Waals surface area (Å²) in [7, 11) is 1.20. The molecule has 0 fully saturated rings. The van der Waals surface area contributed by atoms with E-state index in [-0.39, 0.29) is 11.3 Å². The molecule has 0 aromatic rings. The minimum Gasteiger partial charge on any atom is -0.465 e. The highest BCUT2D eigenvalue weighted by Crippen LogP contribution is 2.05. The Bertz CT molecular complexity index is 315. The number of allylic oxidation sites excluding steroid dienone is 2. The van der Waals surface area contributed by atoms with Gasteiger partial charge in [-0.25, -0.2) is 4.79 Å². The van der Waals surface area contributed by atoms with E-state index in [4.69, 9.17) is 0 Å². The summed E-state index contributed by atoms with van der Waals surface area (Å²) >= 11 is 0. The van der Waals surface area contributed by atoms with Crippen LogP contribution in [0.4, 0.5) is 0 Å². The first-order valence-corrected chi connectivity index (χ1v) is 3.79. The second-order valence-electron chi connectivity index (χ2n) is 2.34. The standard InChI is InChI=1S/C9H11NO4/c1-4-5-8(9(11)14-3)6-7(2)10(12)13/h4-6H,2H2,1,3H3/b5-4-,8-6+. The molecule has 0 aliphatic heterocycles. The van der Waals surface area contributed by atoms with Gasteiger partial charge in [0.05, 0.1) is 17.6 Å². The van der Waals surface area contributed by atoms with Crippen LogP contribution in [0.1, 0.15) is 6.92 Å². The molecule has 0 saturated heterocycles. The van der Waals surface area contributed by atoms with Crippen LogP contribution >= 0.6 is 0 Å². The lowest BCUT2D eigenvalue weighted by atomic mass is 10.2. The van der Waals surface area contributed by atoms with Gasteiger partial charge >= 0.3 is 5.97 Å². The minimum absolute atomic E-state index is 0.0942. The molecule has 0 aromatic heterocycles. The van der Waals surface area contributed by atoms with Crippen molar-refractivity contribution >= 4 is 5.97 Å². The summed E-state index contributed by atoms with van der Waals surface area (Å²) in [4.78, 5) is 20.6. The fourth-order valence-electron chi connectivity index (χ4n) is 0.705. The molecule has 0 unspecified atom stereocenters. The molecule has 0 N–H and O–H groups in total. The Morgan fingerprint density at radius 1 is 1.57 bits per heavy atom. The first-order valence-electron chi connectivity index (χ1n) is 3.79. The maximum atomic E-state index is 11.1. The topological polar surface area (TPSA) is 69.4 Å². The fraction of sp³-hybridized carbons (Fsp3) is 0.222. The largest absolute Gasteiger partial charge is 0.465 e. The van der Waals surface area contributed by atoms with Crippen LogP contribution in [0.25, 0.3) is 0 Å². The third-order valence-corrected chi connectivity index (χ3v) is 1.32. The van der Waals surface area contributed by atoms with E-state index < -0.39 is 10.9 Å².